The van der Waals surface area contributed by atoms with Crippen LogP contribution >= 0.6 is 28.3 Å². The van der Waals surface area contributed by atoms with Crippen molar-refractivity contribution in [3.63, 3.8) is 0 Å². The van der Waals surface area contributed by atoms with Crippen LogP contribution in [-0.4, -0.2) is 58.5 Å². The number of benzene rings is 1. The van der Waals surface area contributed by atoms with E-state index in [1.807, 2.05) is 25.1 Å². The van der Waals surface area contributed by atoms with Crippen LogP contribution in [0.4, 0.5) is 0 Å². The highest BCUT2D eigenvalue weighted by molar-refractivity contribution is 9.10. The second-order valence-corrected chi connectivity index (χ2v) is 5.84. The molecule has 0 saturated carbocycles. The summed E-state index contributed by atoms with van der Waals surface area (Å²) in [4.78, 5) is 2.16. The summed E-state index contributed by atoms with van der Waals surface area (Å²) in [6.45, 7) is 6.87. The summed E-state index contributed by atoms with van der Waals surface area (Å²) in [5.74, 6) is 0.918. The molecule has 1 aromatic carbocycles. The van der Waals surface area contributed by atoms with Crippen molar-refractivity contribution in [1.82, 2.24) is 10.2 Å². The zero-order valence-electron chi connectivity index (χ0n) is 13.0. The molecular formula is C15H26BrClN2O2. The smallest absolute Gasteiger partial charge is 0.122 e. The molecule has 0 aliphatic carbocycles. The lowest BCUT2D eigenvalue weighted by molar-refractivity contribution is 0.101. The summed E-state index contributed by atoms with van der Waals surface area (Å²) in [7, 11) is 4.14. The van der Waals surface area contributed by atoms with Crippen molar-refractivity contribution in [2.75, 3.05) is 53.6 Å². The molecule has 0 aliphatic rings. The Hall–Kier alpha value is -0.330. The Balaban J connectivity index is 0.00000400. The number of nitrogens with one attached hydrogen (secondary N) is 1. The molecule has 0 amide bonds. The summed E-state index contributed by atoms with van der Waals surface area (Å²) in [5.41, 5.74) is 1.13. The molecule has 4 nitrogen and oxygen atoms in total. The lowest BCUT2D eigenvalue weighted by Gasteiger charge is -2.11. The van der Waals surface area contributed by atoms with E-state index in [4.69, 9.17) is 9.47 Å². The zero-order valence-corrected chi connectivity index (χ0v) is 15.4. The van der Waals surface area contributed by atoms with Gasteiger partial charge >= 0.3 is 0 Å². The average Bonchev–Trinajstić information content (AvgIpc) is 2.38. The summed E-state index contributed by atoms with van der Waals surface area (Å²) in [5, 5.41) is 3.33. The van der Waals surface area contributed by atoms with Gasteiger partial charge in [0.2, 0.25) is 0 Å². The van der Waals surface area contributed by atoms with Gasteiger partial charge in [0.25, 0.3) is 0 Å². The predicted molar refractivity (Wildman–Crippen MR) is 93.9 cm³/mol. The molecule has 0 heterocycles. The lowest BCUT2D eigenvalue weighted by Crippen LogP contribution is -2.29. The molecule has 0 radical (unpaired) electrons. The largest absolute Gasteiger partial charge is 0.491 e. The molecule has 0 saturated heterocycles. The van der Waals surface area contributed by atoms with Crippen LogP contribution in [0.2, 0.25) is 0 Å². The molecule has 0 atom stereocenters. The van der Waals surface area contributed by atoms with Crippen LogP contribution in [-0.2, 0) is 4.74 Å². The number of likely N-dealkylation sites (N-methyl/N-ethyl adjacent to an activating group) is 1. The highest BCUT2D eigenvalue weighted by atomic mass is 79.9. The molecule has 0 fully saturated rings. The number of hydrogen-bond acceptors (Lipinski definition) is 4. The third-order valence-corrected chi connectivity index (χ3v) is 3.27. The quantitative estimate of drug-likeness (QED) is 0.632. The molecule has 122 valence electrons. The second kappa shape index (κ2) is 12.2. The Morgan fingerprint density at radius 3 is 2.57 bits per heavy atom. The van der Waals surface area contributed by atoms with Crippen molar-refractivity contribution in [3.05, 3.63) is 28.2 Å². The van der Waals surface area contributed by atoms with Crippen molar-refractivity contribution in [3.8, 4) is 5.75 Å². The van der Waals surface area contributed by atoms with E-state index in [0.29, 0.717) is 13.2 Å². The SMILES string of the molecule is Cc1cc(Br)ccc1OCCOCCNCCN(C)C.Cl. The van der Waals surface area contributed by atoms with Crippen LogP contribution in [0.3, 0.4) is 0 Å². The number of ether oxygens (including phenoxy) is 2. The van der Waals surface area contributed by atoms with E-state index in [0.717, 1.165) is 42.0 Å². The van der Waals surface area contributed by atoms with Gasteiger partial charge in [-0.1, -0.05) is 15.9 Å². The van der Waals surface area contributed by atoms with Gasteiger partial charge in [0.1, 0.15) is 12.4 Å². The van der Waals surface area contributed by atoms with Gasteiger partial charge in [-0.05, 0) is 44.8 Å². The molecule has 0 aliphatic heterocycles. The van der Waals surface area contributed by atoms with Gasteiger partial charge in [0.05, 0.1) is 13.2 Å². The van der Waals surface area contributed by atoms with Crippen molar-refractivity contribution < 1.29 is 9.47 Å². The standard InChI is InChI=1S/C15H25BrN2O2.ClH/c1-13-12-14(16)4-5-15(13)20-11-10-19-9-7-17-6-8-18(2)3;/h4-5,12,17H,6-11H2,1-3H3;1H. The minimum Gasteiger partial charge on any atom is -0.491 e. The van der Waals surface area contributed by atoms with E-state index in [1.165, 1.54) is 0 Å². The first-order chi connectivity index (χ1) is 9.59. The molecule has 0 aromatic heterocycles. The number of aryl methyl sites for hydroxylation is 1. The van der Waals surface area contributed by atoms with Crippen LogP contribution in [0.5, 0.6) is 5.75 Å². The number of halogens is 2. The van der Waals surface area contributed by atoms with Crippen molar-refractivity contribution in [2.24, 2.45) is 0 Å². The maximum Gasteiger partial charge on any atom is 0.122 e. The number of hydrogen-bond donors (Lipinski definition) is 1. The average molecular weight is 382 g/mol. The topological polar surface area (TPSA) is 33.7 Å². The highest BCUT2D eigenvalue weighted by Crippen LogP contribution is 2.21. The minimum absolute atomic E-state index is 0. The van der Waals surface area contributed by atoms with Gasteiger partial charge in [-0.3, -0.25) is 0 Å². The lowest BCUT2D eigenvalue weighted by atomic mass is 10.2. The van der Waals surface area contributed by atoms with E-state index in [9.17, 15) is 0 Å². The van der Waals surface area contributed by atoms with Gasteiger partial charge in [-0.25, -0.2) is 0 Å². The fourth-order valence-corrected chi connectivity index (χ4v) is 2.13. The Morgan fingerprint density at radius 1 is 1.14 bits per heavy atom. The van der Waals surface area contributed by atoms with Gasteiger partial charge in [-0.2, -0.15) is 0 Å². The predicted octanol–water partition coefficient (Wildman–Crippen LogP) is 2.73. The summed E-state index contributed by atoms with van der Waals surface area (Å²) in [6.07, 6.45) is 0. The Morgan fingerprint density at radius 2 is 1.90 bits per heavy atom. The Bertz CT molecular complexity index is 392. The Labute approximate surface area is 142 Å². The first-order valence-electron chi connectivity index (χ1n) is 6.91. The van der Waals surface area contributed by atoms with Crippen molar-refractivity contribution in [1.29, 1.82) is 0 Å². The summed E-state index contributed by atoms with van der Waals surface area (Å²) in [6, 6.07) is 6.00. The van der Waals surface area contributed by atoms with Crippen LogP contribution in [0.25, 0.3) is 0 Å². The third-order valence-electron chi connectivity index (χ3n) is 2.78. The second-order valence-electron chi connectivity index (χ2n) is 4.92. The molecule has 0 unspecified atom stereocenters. The first-order valence-corrected chi connectivity index (χ1v) is 7.71. The van der Waals surface area contributed by atoms with Gasteiger partial charge in [-0.15, -0.1) is 12.4 Å². The summed E-state index contributed by atoms with van der Waals surface area (Å²) >= 11 is 3.44. The van der Waals surface area contributed by atoms with Crippen LogP contribution in [0.15, 0.2) is 22.7 Å². The Kier molecular flexibility index (Phi) is 12.0. The molecule has 1 N–H and O–H groups in total. The molecular weight excluding hydrogens is 356 g/mol. The maximum absolute atomic E-state index is 5.68. The van der Waals surface area contributed by atoms with E-state index in [2.05, 4.69) is 40.2 Å². The van der Waals surface area contributed by atoms with Gasteiger partial charge in [0, 0.05) is 24.1 Å². The van der Waals surface area contributed by atoms with E-state index in [1.54, 1.807) is 0 Å². The molecule has 0 spiro atoms. The van der Waals surface area contributed by atoms with E-state index >= 15 is 0 Å². The van der Waals surface area contributed by atoms with Crippen molar-refractivity contribution >= 4 is 28.3 Å². The molecule has 1 rings (SSSR count). The number of rotatable bonds is 10. The molecule has 0 bridgehead atoms. The van der Waals surface area contributed by atoms with Crippen LogP contribution in [0, 0.1) is 6.92 Å². The molecule has 21 heavy (non-hydrogen) atoms. The third kappa shape index (κ3) is 10.1. The van der Waals surface area contributed by atoms with Crippen LogP contribution in [0.1, 0.15) is 5.56 Å². The van der Waals surface area contributed by atoms with Gasteiger partial charge in [0.15, 0.2) is 0 Å². The van der Waals surface area contributed by atoms with E-state index < -0.39 is 0 Å². The molecule has 1 aromatic rings. The molecule has 6 heteroatoms. The van der Waals surface area contributed by atoms with E-state index in [-0.39, 0.29) is 12.4 Å². The van der Waals surface area contributed by atoms with Gasteiger partial charge < -0.3 is 19.7 Å². The fraction of sp³-hybridized carbons (Fsp3) is 0.600. The minimum atomic E-state index is 0. The fourth-order valence-electron chi connectivity index (χ4n) is 1.66. The van der Waals surface area contributed by atoms with Crippen LogP contribution < -0.4 is 10.1 Å². The normalized spacial score (nSPS) is 10.5. The van der Waals surface area contributed by atoms with Crippen molar-refractivity contribution in [2.45, 2.75) is 6.92 Å². The zero-order chi connectivity index (χ0) is 14.8. The maximum atomic E-state index is 5.68. The highest BCUT2D eigenvalue weighted by Gasteiger charge is 1.99. The first kappa shape index (κ1) is 20.7. The monoisotopic (exact) mass is 380 g/mol. The summed E-state index contributed by atoms with van der Waals surface area (Å²) < 4.78 is 12.3. The number of nitrogens with zero attached hydrogens (tertiary/aromatic N) is 1.